The molecule has 0 amide bonds. The molecule has 0 fully saturated rings. The summed E-state index contributed by atoms with van der Waals surface area (Å²) < 4.78 is 25.4. The van der Waals surface area contributed by atoms with Crippen LogP contribution in [0.3, 0.4) is 0 Å². The number of alkyl halides is 3. The third-order valence-corrected chi connectivity index (χ3v) is 2.68. The van der Waals surface area contributed by atoms with E-state index < -0.39 is 35.4 Å². The van der Waals surface area contributed by atoms with E-state index in [2.05, 4.69) is 0 Å². The maximum Gasteiger partial charge on any atom is 0.337 e. The Bertz CT molecular complexity index is 491. The van der Waals surface area contributed by atoms with Crippen molar-refractivity contribution in [1.29, 1.82) is 0 Å². The number of carboxylic acids is 1. The van der Waals surface area contributed by atoms with Gasteiger partial charge in [0.15, 0.2) is 11.9 Å². The molecule has 0 radical (unpaired) electrons. The molecule has 0 aliphatic heterocycles. The zero-order valence-electron chi connectivity index (χ0n) is 9.65. The van der Waals surface area contributed by atoms with Crippen LogP contribution >= 0.6 is 11.6 Å². The summed E-state index contributed by atoms with van der Waals surface area (Å²) in [7, 11) is 0. The van der Waals surface area contributed by atoms with E-state index in [-0.39, 0.29) is 17.9 Å². The average molecular weight is 293 g/mol. The Morgan fingerprint density at radius 1 is 1.26 bits per heavy atom. The van der Waals surface area contributed by atoms with Crippen molar-refractivity contribution in [3.8, 4) is 0 Å². The van der Waals surface area contributed by atoms with E-state index in [0.717, 1.165) is 18.2 Å². The first-order valence-corrected chi connectivity index (χ1v) is 5.84. The van der Waals surface area contributed by atoms with E-state index in [9.17, 15) is 23.5 Å². The zero-order chi connectivity index (χ0) is 14.6. The van der Waals surface area contributed by atoms with Crippen molar-refractivity contribution in [1.82, 2.24) is 0 Å². The fraction of sp³-hybridized carbons (Fsp3) is 0.333. The Morgan fingerprint density at radius 2 is 1.89 bits per heavy atom. The molecular weight excluding hydrogens is 282 g/mol. The Kier molecular flexibility index (Phi) is 5.38. The number of carboxylic acid groups (broad SMARTS) is 1. The van der Waals surface area contributed by atoms with Gasteiger partial charge in [0.2, 0.25) is 0 Å². The molecule has 0 aliphatic rings. The van der Waals surface area contributed by atoms with Gasteiger partial charge in [-0.15, -0.1) is 11.6 Å². The summed E-state index contributed by atoms with van der Waals surface area (Å²) in [6.07, 6.45) is -5.05. The van der Waals surface area contributed by atoms with E-state index in [1.165, 1.54) is 0 Å². The summed E-state index contributed by atoms with van der Waals surface area (Å²) in [6.45, 7) is 0. The van der Waals surface area contributed by atoms with Gasteiger partial charge in [-0.25, -0.2) is 13.6 Å². The van der Waals surface area contributed by atoms with E-state index in [1.54, 1.807) is 0 Å². The number of aliphatic carboxylic acids is 1. The van der Waals surface area contributed by atoms with E-state index in [4.69, 9.17) is 16.7 Å². The number of aliphatic hydroxyl groups is 1. The van der Waals surface area contributed by atoms with Crippen LogP contribution in [0.4, 0.5) is 8.78 Å². The van der Waals surface area contributed by atoms with Crippen molar-refractivity contribution in [3.63, 3.8) is 0 Å². The Hall–Kier alpha value is -1.53. The number of ketones is 1. The van der Waals surface area contributed by atoms with Crippen molar-refractivity contribution in [2.75, 3.05) is 5.88 Å². The predicted molar refractivity (Wildman–Crippen MR) is 63.7 cm³/mol. The SMILES string of the molecule is O=C(CCCl)c1ccc(C(F)F)c(C(O)C(=O)O)c1. The van der Waals surface area contributed by atoms with Crippen molar-refractivity contribution >= 4 is 23.4 Å². The lowest BCUT2D eigenvalue weighted by Gasteiger charge is -2.13. The molecular formula is C12H11ClF2O4. The van der Waals surface area contributed by atoms with Gasteiger partial charge in [0, 0.05) is 29.0 Å². The van der Waals surface area contributed by atoms with Gasteiger partial charge in [-0.1, -0.05) is 12.1 Å². The molecule has 1 rings (SSSR count). The summed E-state index contributed by atoms with van der Waals surface area (Å²) >= 11 is 5.40. The van der Waals surface area contributed by atoms with Gasteiger partial charge in [-0.2, -0.15) is 0 Å². The Morgan fingerprint density at radius 3 is 2.37 bits per heavy atom. The monoisotopic (exact) mass is 292 g/mol. The van der Waals surface area contributed by atoms with Gasteiger partial charge in [-0.05, 0) is 6.07 Å². The van der Waals surface area contributed by atoms with Crippen LogP contribution < -0.4 is 0 Å². The van der Waals surface area contributed by atoms with Crippen molar-refractivity contribution in [3.05, 3.63) is 34.9 Å². The first-order valence-electron chi connectivity index (χ1n) is 5.30. The Labute approximate surface area is 112 Å². The summed E-state index contributed by atoms with van der Waals surface area (Å²) in [6, 6.07) is 3.07. The van der Waals surface area contributed by atoms with E-state index in [1.807, 2.05) is 0 Å². The van der Waals surface area contributed by atoms with Gasteiger partial charge >= 0.3 is 5.97 Å². The number of Topliss-reactive ketones (excluding diaryl/α,β-unsaturated/α-hetero) is 1. The maximum absolute atomic E-state index is 12.7. The van der Waals surface area contributed by atoms with Crippen LogP contribution in [-0.4, -0.2) is 27.8 Å². The molecule has 0 aliphatic carbocycles. The van der Waals surface area contributed by atoms with Crippen LogP contribution in [0.1, 0.15) is 40.4 Å². The quantitative estimate of drug-likeness (QED) is 0.624. The summed E-state index contributed by atoms with van der Waals surface area (Å²) in [5, 5.41) is 18.1. The lowest BCUT2D eigenvalue weighted by atomic mass is 9.97. The van der Waals surface area contributed by atoms with Gasteiger partial charge in [0.25, 0.3) is 6.43 Å². The number of rotatable bonds is 6. The highest BCUT2D eigenvalue weighted by Gasteiger charge is 2.24. The number of carbonyl (C=O) groups excluding carboxylic acids is 1. The smallest absolute Gasteiger partial charge is 0.337 e. The summed E-state index contributed by atoms with van der Waals surface area (Å²) in [4.78, 5) is 22.2. The van der Waals surface area contributed by atoms with Crippen LogP contribution in [0.25, 0.3) is 0 Å². The summed E-state index contributed by atoms with van der Waals surface area (Å²) in [5.41, 5.74) is -1.06. The second-order valence-electron chi connectivity index (χ2n) is 3.75. The van der Waals surface area contributed by atoms with Gasteiger partial charge in [0.1, 0.15) is 0 Å². The second kappa shape index (κ2) is 6.58. The van der Waals surface area contributed by atoms with Crippen molar-refractivity contribution < 1.29 is 28.6 Å². The van der Waals surface area contributed by atoms with Crippen LogP contribution in [0.2, 0.25) is 0 Å². The number of benzene rings is 1. The lowest BCUT2D eigenvalue weighted by molar-refractivity contribution is -0.147. The van der Waals surface area contributed by atoms with Crippen LogP contribution in [-0.2, 0) is 4.79 Å². The highest BCUT2D eigenvalue weighted by atomic mass is 35.5. The minimum absolute atomic E-state index is 0.00180. The first kappa shape index (κ1) is 15.5. The maximum atomic E-state index is 12.7. The lowest BCUT2D eigenvalue weighted by Crippen LogP contribution is -2.14. The van der Waals surface area contributed by atoms with E-state index >= 15 is 0 Å². The predicted octanol–water partition coefficient (Wildman–Crippen LogP) is 2.55. The average Bonchev–Trinajstić information content (AvgIpc) is 2.37. The number of carbonyl (C=O) groups is 2. The van der Waals surface area contributed by atoms with Crippen LogP contribution in [0.5, 0.6) is 0 Å². The molecule has 1 aromatic carbocycles. The molecule has 0 aromatic heterocycles. The molecule has 4 nitrogen and oxygen atoms in total. The fourth-order valence-corrected chi connectivity index (χ4v) is 1.72. The molecule has 19 heavy (non-hydrogen) atoms. The number of hydrogen-bond donors (Lipinski definition) is 2. The minimum Gasteiger partial charge on any atom is -0.479 e. The molecule has 7 heteroatoms. The van der Waals surface area contributed by atoms with Crippen molar-refractivity contribution in [2.45, 2.75) is 19.0 Å². The molecule has 1 atom stereocenters. The first-order chi connectivity index (χ1) is 8.88. The largest absolute Gasteiger partial charge is 0.479 e. The van der Waals surface area contributed by atoms with Crippen LogP contribution in [0, 0.1) is 0 Å². The zero-order valence-corrected chi connectivity index (χ0v) is 10.4. The number of halogens is 3. The van der Waals surface area contributed by atoms with Gasteiger partial charge in [-0.3, -0.25) is 4.79 Å². The number of aliphatic hydroxyl groups excluding tert-OH is 1. The molecule has 0 saturated carbocycles. The standard InChI is InChI=1S/C12H11ClF2O4/c13-4-3-9(16)6-1-2-7(11(14)15)8(5-6)10(17)12(18)19/h1-2,5,10-11,17H,3-4H2,(H,18,19). The minimum atomic E-state index is -2.94. The molecule has 1 unspecified atom stereocenters. The van der Waals surface area contributed by atoms with Gasteiger partial charge in [0.05, 0.1) is 0 Å². The highest BCUT2D eigenvalue weighted by molar-refractivity contribution is 6.19. The molecule has 104 valence electrons. The normalized spacial score (nSPS) is 12.5. The van der Waals surface area contributed by atoms with Crippen molar-refractivity contribution in [2.24, 2.45) is 0 Å². The molecule has 2 N–H and O–H groups in total. The highest BCUT2D eigenvalue weighted by Crippen LogP contribution is 2.29. The molecule has 0 saturated heterocycles. The molecule has 0 heterocycles. The third-order valence-electron chi connectivity index (χ3n) is 2.49. The Balaban J connectivity index is 3.26. The molecule has 0 spiro atoms. The fourth-order valence-electron chi connectivity index (χ4n) is 1.55. The topological polar surface area (TPSA) is 74.6 Å². The van der Waals surface area contributed by atoms with E-state index in [0.29, 0.717) is 0 Å². The molecule has 0 bridgehead atoms. The number of hydrogen-bond acceptors (Lipinski definition) is 3. The second-order valence-corrected chi connectivity index (χ2v) is 4.13. The molecule has 1 aromatic rings. The summed E-state index contributed by atoms with van der Waals surface area (Å²) in [5.74, 6) is -2.01. The third kappa shape index (κ3) is 3.71. The van der Waals surface area contributed by atoms with Gasteiger partial charge < -0.3 is 10.2 Å². The van der Waals surface area contributed by atoms with Crippen LogP contribution in [0.15, 0.2) is 18.2 Å².